The Labute approximate surface area is 81.9 Å². The number of aliphatic hydroxyl groups is 1. The average molecular weight is 198 g/mol. The SMILES string of the molecule is O=C1CC(NCC2(CO)CC2)C(=O)N1. The van der Waals surface area contributed by atoms with Gasteiger partial charge in [0.25, 0.3) is 0 Å². The van der Waals surface area contributed by atoms with Crippen LogP contribution in [0.15, 0.2) is 0 Å². The average Bonchev–Trinajstić information content (AvgIpc) is 2.86. The van der Waals surface area contributed by atoms with Gasteiger partial charge in [-0.2, -0.15) is 0 Å². The Kier molecular flexibility index (Phi) is 2.28. The van der Waals surface area contributed by atoms with E-state index in [0.29, 0.717) is 6.54 Å². The molecule has 1 heterocycles. The van der Waals surface area contributed by atoms with Gasteiger partial charge in [0.1, 0.15) is 0 Å². The number of hydrogen-bond donors (Lipinski definition) is 3. The highest BCUT2D eigenvalue weighted by Crippen LogP contribution is 2.44. The molecule has 0 aromatic carbocycles. The van der Waals surface area contributed by atoms with E-state index in [-0.39, 0.29) is 30.3 Å². The summed E-state index contributed by atoms with van der Waals surface area (Å²) in [6.07, 6.45) is 2.22. The molecule has 0 bridgehead atoms. The largest absolute Gasteiger partial charge is 0.396 e. The molecule has 2 fully saturated rings. The normalized spacial score (nSPS) is 29.1. The second-order valence-electron chi connectivity index (χ2n) is 4.21. The molecule has 1 saturated heterocycles. The molecule has 1 aliphatic carbocycles. The van der Waals surface area contributed by atoms with Gasteiger partial charge in [0, 0.05) is 18.6 Å². The van der Waals surface area contributed by atoms with E-state index in [1.807, 2.05) is 0 Å². The molecule has 3 N–H and O–H groups in total. The summed E-state index contributed by atoms with van der Waals surface area (Å²) in [7, 11) is 0. The minimum Gasteiger partial charge on any atom is -0.396 e. The molecule has 1 aliphatic heterocycles. The van der Waals surface area contributed by atoms with Crippen molar-refractivity contribution in [3.8, 4) is 0 Å². The molecular formula is C9H14N2O3. The number of nitrogens with one attached hydrogen (secondary N) is 2. The number of amides is 2. The Morgan fingerprint density at radius 3 is 2.64 bits per heavy atom. The van der Waals surface area contributed by atoms with Crippen LogP contribution in [-0.2, 0) is 9.59 Å². The molecule has 0 aromatic rings. The molecule has 0 radical (unpaired) electrons. The van der Waals surface area contributed by atoms with Crippen LogP contribution in [0.25, 0.3) is 0 Å². The molecule has 14 heavy (non-hydrogen) atoms. The standard InChI is InChI=1S/C9H14N2O3/c12-5-9(1-2-9)4-10-6-3-7(13)11-8(6)14/h6,10,12H,1-5H2,(H,11,13,14). The van der Waals surface area contributed by atoms with E-state index >= 15 is 0 Å². The Morgan fingerprint density at radius 1 is 1.50 bits per heavy atom. The summed E-state index contributed by atoms with van der Waals surface area (Å²) in [6, 6.07) is -0.397. The molecule has 1 unspecified atom stereocenters. The van der Waals surface area contributed by atoms with Gasteiger partial charge in [0.05, 0.1) is 12.5 Å². The van der Waals surface area contributed by atoms with Crippen molar-refractivity contribution in [2.24, 2.45) is 5.41 Å². The van der Waals surface area contributed by atoms with Gasteiger partial charge in [-0.05, 0) is 12.8 Å². The first kappa shape index (κ1) is 9.61. The Bertz CT molecular complexity index is 273. The van der Waals surface area contributed by atoms with Crippen LogP contribution in [0.2, 0.25) is 0 Å². The van der Waals surface area contributed by atoms with Crippen LogP contribution in [0.4, 0.5) is 0 Å². The second-order valence-corrected chi connectivity index (χ2v) is 4.21. The Morgan fingerprint density at radius 2 is 2.21 bits per heavy atom. The van der Waals surface area contributed by atoms with Crippen LogP contribution < -0.4 is 10.6 Å². The third-order valence-electron chi connectivity index (χ3n) is 2.98. The molecule has 2 aliphatic rings. The summed E-state index contributed by atoms with van der Waals surface area (Å²) in [5, 5.41) is 14.3. The van der Waals surface area contributed by atoms with Gasteiger partial charge in [-0.25, -0.2) is 0 Å². The van der Waals surface area contributed by atoms with Crippen molar-refractivity contribution in [2.75, 3.05) is 13.2 Å². The molecule has 1 atom stereocenters. The van der Waals surface area contributed by atoms with Crippen molar-refractivity contribution in [3.63, 3.8) is 0 Å². The zero-order chi connectivity index (χ0) is 10.2. The minimum absolute atomic E-state index is 0.0219. The number of rotatable bonds is 4. The van der Waals surface area contributed by atoms with Gasteiger partial charge in [-0.3, -0.25) is 14.9 Å². The van der Waals surface area contributed by atoms with Crippen LogP contribution in [0.3, 0.4) is 0 Å². The lowest BCUT2D eigenvalue weighted by molar-refractivity contribution is -0.125. The van der Waals surface area contributed by atoms with Crippen LogP contribution in [0, 0.1) is 5.41 Å². The number of imide groups is 1. The molecule has 5 heteroatoms. The fourth-order valence-corrected chi connectivity index (χ4v) is 1.63. The third kappa shape index (κ3) is 1.78. The number of carbonyl (C=O) groups excluding carboxylic acids is 2. The van der Waals surface area contributed by atoms with E-state index in [1.54, 1.807) is 0 Å². The van der Waals surface area contributed by atoms with E-state index in [0.717, 1.165) is 12.8 Å². The minimum atomic E-state index is -0.397. The van der Waals surface area contributed by atoms with E-state index in [4.69, 9.17) is 5.11 Å². The smallest absolute Gasteiger partial charge is 0.244 e. The van der Waals surface area contributed by atoms with E-state index in [9.17, 15) is 9.59 Å². The van der Waals surface area contributed by atoms with Gasteiger partial charge in [0.15, 0.2) is 0 Å². The van der Waals surface area contributed by atoms with Crippen molar-refractivity contribution in [3.05, 3.63) is 0 Å². The third-order valence-corrected chi connectivity index (χ3v) is 2.98. The summed E-state index contributed by atoms with van der Waals surface area (Å²) in [6.45, 7) is 0.775. The molecule has 1 saturated carbocycles. The predicted molar refractivity (Wildman–Crippen MR) is 48.3 cm³/mol. The molecule has 2 amide bonds. The Hall–Kier alpha value is -0.940. The fourth-order valence-electron chi connectivity index (χ4n) is 1.63. The van der Waals surface area contributed by atoms with E-state index in [1.165, 1.54) is 0 Å². The van der Waals surface area contributed by atoms with Gasteiger partial charge < -0.3 is 10.4 Å². The van der Waals surface area contributed by atoms with Crippen LogP contribution in [-0.4, -0.2) is 36.1 Å². The number of aliphatic hydroxyl groups excluding tert-OH is 1. The molecular weight excluding hydrogens is 184 g/mol. The van der Waals surface area contributed by atoms with Gasteiger partial charge in [-0.15, -0.1) is 0 Å². The summed E-state index contributed by atoms with van der Waals surface area (Å²) < 4.78 is 0. The Balaban J connectivity index is 1.81. The lowest BCUT2D eigenvalue weighted by Crippen LogP contribution is -2.40. The maximum absolute atomic E-state index is 11.2. The summed E-state index contributed by atoms with van der Waals surface area (Å²) in [4.78, 5) is 22.0. The van der Waals surface area contributed by atoms with Crippen LogP contribution in [0.1, 0.15) is 19.3 Å². The first-order valence-corrected chi connectivity index (χ1v) is 4.83. The second kappa shape index (κ2) is 3.33. The van der Waals surface area contributed by atoms with E-state index in [2.05, 4.69) is 10.6 Å². The summed E-state index contributed by atoms with van der Waals surface area (Å²) in [5.74, 6) is -0.468. The zero-order valence-corrected chi connectivity index (χ0v) is 7.88. The zero-order valence-electron chi connectivity index (χ0n) is 7.88. The quantitative estimate of drug-likeness (QED) is 0.494. The number of carbonyl (C=O) groups is 2. The van der Waals surface area contributed by atoms with E-state index < -0.39 is 6.04 Å². The molecule has 2 rings (SSSR count). The fraction of sp³-hybridized carbons (Fsp3) is 0.778. The molecule has 0 spiro atoms. The van der Waals surface area contributed by atoms with Crippen molar-refractivity contribution in [1.29, 1.82) is 0 Å². The van der Waals surface area contributed by atoms with Gasteiger partial charge >= 0.3 is 0 Å². The number of hydrogen-bond acceptors (Lipinski definition) is 4. The summed E-state index contributed by atoms with van der Waals surface area (Å²) in [5.41, 5.74) is -0.0219. The van der Waals surface area contributed by atoms with Gasteiger partial charge in [0.2, 0.25) is 11.8 Å². The molecule has 5 nitrogen and oxygen atoms in total. The summed E-state index contributed by atoms with van der Waals surface area (Å²) >= 11 is 0. The lowest BCUT2D eigenvalue weighted by atomic mass is 10.1. The lowest BCUT2D eigenvalue weighted by Gasteiger charge is -2.15. The first-order chi connectivity index (χ1) is 6.65. The van der Waals surface area contributed by atoms with Crippen molar-refractivity contribution in [2.45, 2.75) is 25.3 Å². The van der Waals surface area contributed by atoms with Crippen molar-refractivity contribution in [1.82, 2.24) is 10.6 Å². The van der Waals surface area contributed by atoms with Crippen LogP contribution >= 0.6 is 0 Å². The maximum Gasteiger partial charge on any atom is 0.244 e. The predicted octanol–water partition coefficient (Wildman–Crippen LogP) is -1.24. The van der Waals surface area contributed by atoms with Crippen molar-refractivity contribution >= 4 is 11.8 Å². The topological polar surface area (TPSA) is 78.4 Å². The van der Waals surface area contributed by atoms with Crippen LogP contribution in [0.5, 0.6) is 0 Å². The highest BCUT2D eigenvalue weighted by molar-refractivity contribution is 6.05. The van der Waals surface area contributed by atoms with Crippen molar-refractivity contribution < 1.29 is 14.7 Å². The first-order valence-electron chi connectivity index (χ1n) is 4.83. The molecule has 0 aromatic heterocycles. The monoisotopic (exact) mass is 198 g/mol. The maximum atomic E-state index is 11.2. The highest BCUT2D eigenvalue weighted by Gasteiger charge is 2.43. The van der Waals surface area contributed by atoms with Gasteiger partial charge in [-0.1, -0.05) is 0 Å². The highest BCUT2D eigenvalue weighted by atomic mass is 16.3. The molecule has 78 valence electrons.